The summed E-state index contributed by atoms with van der Waals surface area (Å²) in [5, 5.41) is 10.6. The Morgan fingerprint density at radius 2 is 1.81 bits per heavy atom. The van der Waals surface area contributed by atoms with Gasteiger partial charge in [-0.15, -0.1) is 17.8 Å². The van der Waals surface area contributed by atoms with Crippen molar-refractivity contribution in [2.24, 2.45) is 0 Å². The minimum atomic E-state index is -1.87. The third kappa shape index (κ3) is 4.99. The average Bonchev–Trinajstić information content (AvgIpc) is 2.90. The van der Waals surface area contributed by atoms with Crippen molar-refractivity contribution in [2.45, 2.75) is 85.1 Å². The first-order valence-electron chi connectivity index (χ1n) is 9.24. The quantitative estimate of drug-likeness (QED) is 0.468. The minimum absolute atomic E-state index is 0.166. The van der Waals surface area contributed by atoms with Gasteiger partial charge in [-0.1, -0.05) is 52.4 Å². The van der Waals surface area contributed by atoms with Gasteiger partial charge in [-0.05, 0) is 53.2 Å². The van der Waals surface area contributed by atoms with E-state index in [1.54, 1.807) is 11.3 Å². The zero-order valence-electron chi connectivity index (χ0n) is 18.2. The first-order chi connectivity index (χ1) is 11.7. The van der Waals surface area contributed by atoms with E-state index in [1.807, 2.05) is 6.92 Å². The van der Waals surface area contributed by atoms with Gasteiger partial charge in [0, 0.05) is 0 Å². The van der Waals surface area contributed by atoms with Gasteiger partial charge in [0.2, 0.25) is 0 Å². The Hall–Kier alpha value is -0.646. The van der Waals surface area contributed by atoms with Gasteiger partial charge in [0.25, 0.3) is 0 Å². The maximum Gasteiger partial charge on any atom is 0.192 e. The number of hydrogen-bond acceptors (Lipinski definition) is 3. The highest BCUT2D eigenvalue weighted by Gasteiger charge is 2.38. The molecule has 26 heavy (non-hydrogen) atoms. The molecule has 1 atom stereocenters. The molecule has 0 aliphatic rings. The van der Waals surface area contributed by atoms with Gasteiger partial charge in [-0.25, -0.2) is 0 Å². The molecule has 0 aliphatic heterocycles. The molecule has 0 amide bonds. The van der Waals surface area contributed by atoms with Crippen molar-refractivity contribution in [3.8, 4) is 12.3 Å². The van der Waals surface area contributed by atoms with E-state index in [1.165, 1.54) is 10.1 Å². The van der Waals surface area contributed by atoms with Crippen LogP contribution in [0.15, 0.2) is 6.08 Å². The van der Waals surface area contributed by atoms with Gasteiger partial charge in [0.15, 0.2) is 8.32 Å². The molecular formula is C21H36O2SSi2. The molecule has 0 spiro atoms. The predicted octanol–water partition coefficient (Wildman–Crippen LogP) is 5.90. The summed E-state index contributed by atoms with van der Waals surface area (Å²) in [7, 11) is -3.47. The van der Waals surface area contributed by atoms with E-state index < -0.39 is 22.5 Å². The molecule has 0 saturated heterocycles. The Bertz CT molecular complexity index is 710. The fourth-order valence-corrected chi connectivity index (χ4v) is 7.21. The van der Waals surface area contributed by atoms with Gasteiger partial charge in [-0.2, -0.15) is 0 Å². The van der Waals surface area contributed by atoms with E-state index in [-0.39, 0.29) is 5.04 Å². The maximum absolute atomic E-state index is 10.4. The fraction of sp³-hybridized carbons (Fsp3) is 0.619. The highest BCUT2D eigenvalue weighted by atomic mass is 32.1. The zero-order valence-corrected chi connectivity index (χ0v) is 21.0. The summed E-state index contributed by atoms with van der Waals surface area (Å²) in [5.41, 5.74) is 3.52. The smallest absolute Gasteiger partial charge is 0.192 e. The molecule has 0 fully saturated rings. The third-order valence-electron chi connectivity index (χ3n) is 5.33. The molecule has 146 valence electrons. The second-order valence-corrected chi connectivity index (χ2v) is 20.7. The van der Waals surface area contributed by atoms with E-state index in [0.29, 0.717) is 6.61 Å². The summed E-state index contributed by atoms with van der Waals surface area (Å²) in [6.45, 7) is 23.1. The molecule has 1 rings (SSSR count). The molecule has 0 radical (unpaired) electrons. The van der Waals surface area contributed by atoms with E-state index in [9.17, 15) is 5.11 Å². The van der Waals surface area contributed by atoms with Gasteiger partial charge in [-0.3, -0.25) is 0 Å². The van der Waals surface area contributed by atoms with Crippen molar-refractivity contribution in [3.63, 3.8) is 0 Å². The van der Waals surface area contributed by atoms with Crippen LogP contribution in [0, 0.1) is 12.3 Å². The van der Waals surface area contributed by atoms with Gasteiger partial charge < -0.3 is 9.53 Å². The van der Waals surface area contributed by atoms with E-state index in [2.05, 4.69) is 72.4 Å². The largest absolute Gasteiger partial charge is 0.413 e. The normalized spacial score (nSPS) is 15.1. The van der Waals surface area contributed by atoms with Crippen molar-refractivity contribution in [1.82, 2.24) is 0 Å². The summed E-state index contributed by atoms with van der Waals surface area (Å²) < 4.78 is 7.97. The lowest BCUT2D eigenvalue weighted by Crippen LogP contribution is -2.42. The Labute approximate surface area is 166 Å². The predicted molar refractivity (Wildman–Crippen MR) is 122 cm³/mol. The minimum Gasteiger partial charge on any atom is -0.413 e. The third-order valence-corrected chi connectivity index (χ3v) is 14.7. The molecule has 0 aliphatic carbocycles. The zero-order chi connectivity index (χ0) is 20.5. The lowest BCUT2D eigenvalue weighted by atomic mass is 10.0. The molecule has 0 aromatic carbocycles. The van der Waals surface area contributed by atoms with Crippen LogP contribution in [0.25, 0.3) is 5.57 Å². The molecular weight excluding hydrogens is 372 g/mol. The number of rotatable bonds is 6. The van der Waals surface area contributed by atoms with Crippen molar-refractivity contribution in [2.75, 3.05) is 0 Å². The Morgan fingerprint density at radius 1 is 1.27 bits per heavy atom. The lowest BCUT2D eigenvalue weighted by molar-refractivity contribution is 0.241. The molecule has 1 N–H and O–H groups in total. The Balaban J connectivity index is 3.57. The number of allylic oxidation sites excluding steroid dienone is 2. The number of hydrogen-bond donors (Lipinski definition) is 1. The first-order valence-corrected chi connectivity index (χ1v) is 16.5. The van der Waals surface area contributed by atoms with Crippen LogP contribution in [0.2, 0.25) is 37.8 Å². The summed E-state index contributed by atoms with van der Waals surface area (Å²) in [5.74, 6) is 2.51. The van der Waals surface area contributed by atoms with E-state index in [0.717, 1.165) is 16.0 Å². The number of terminal acetylenes is 1. The molecule has 0 saturated carbocycles. The molecule has 5 heteroatoms. The second-order valence-electron chi connectivity index (χ2n) is 9.49. The van der Waals surface area contributed by atoms with Gasteiger partial charge in [0.1, 0.15) is 6.10 Å². The summed E-state index contributed by atoms with van der Waals surface area (Å²) in [6.07, 6.45) is 6.79. The lowest BCUT2D eigenvalue weighted by Gasteiger charge is -2.36. The highest BCUT2D eigenvalue weighted by molar-refractivity contribution is 7.27. The van der Waals surface area contributed by atoms with E-state index >= 15 is 0 Å². The van der Waals surface area contributed by atoms with Gasteiger partial charge >= 0.3 is 0 Å². The van der Waals surface area contributed by atoms with Gasteiger partial charge in [0.05, 0.1) is 19.6 Å². The molecule has 0 bridgehead atoms. The van der Waals surface area contributed by atoms with Crippen LogP contribution in [0.1, 0.15) is 56.7 Å². The maximum atomic E-state index is 10.4. The van der Waals surface area contributed by atoms with Crippen LogP contribution >= 0.6 is 11.3 Å². The standard InChI is InChI=1S/C21H36O2SSi2/c1-12-15(3)18-16(14-23-26(10,11)21(4,5)6)20(25(7,8)9)24-19(18)17(22)13-2/h2,12,17,22H,14H2,1,3-11H3/b15-12-. The van der Waals surface area contributed by atoms with Crippen LogP contribution in [0.4, 0.5) is 0 Å². The van der Waals surface area contributed by atoms with Crippen molar-refractivity contribution < 1.29 is 9.53 Å². The highest BCUT2D eigenvalue weighted by Crippen LogP contribution is 2.39. The van der Waals surface area contributed by atoms with Crippen molar-refractivity contribution in [1.29, 1.82) is 0 Å². The summed E-state index contributed by atoms with van der Waals surface area (Å²) in [6, 6.07) is 0. The van der Waals surface area contributed by atoms with E-state index in [4.69, 9.17) is 10.8 Å². The van der Waals surface area contributed by atoms with Crippen molar-refractivity contribution >= 4 is 37.8 Å². The number of thiophene rings is 1. The molecule has 1 heterocycles. The molecule has 1 aromatic heterocycles. The second kappa shape index (κ2) is 8.16. The fourth-order valence-electron chi connectivity index (χ4n) is 2.54. The SMILES string of the molecule is C#CC(O)c1sc([Si](C)(C)C)c(CO[Si](C)(C)C(C)(C)C)c1/C(C)=C\C. The molecule has 1 unspecified atom stereocenters. The Morgan fingerprint density at radius 3 is 2.19 bits per heavy atom. The van der Waals surface area contributed by atoms with Crippen LogP contribution in [0.5, 0.6) is 0 Å². The Kier molecular flexibility index (Phi) is 7.34. The topological polar surface area (TPSA) is 29.5 Å². The first kappa shape index (κ1) is 23.4. The molecule has 1 aromatic rings. The monoisotopic (exact) mass is 408 g/mol. The molecule has 2 nitrogen and oxygen atoms in total. The summed E-state index contributed by atoms with van der Waals surface area (Å²) >= 11 is 1.69. The van der Waals surface area contributed by atoms with Crippen LogP contribution in [-0.2, 0) is 11.0 Å². The van der Waals surface area contributed by atoms with Crippen molar-refractivity contribution in [3.05, 3.63) is 22.1 Å². The van der Waals surface area contributed by atoms with Crippen LogP contribution < -0.4 is 4.50 Å². The summed E-state index contributed by atoms with van der Waals surface area (Å²) in [4.78, 5) is 0.898. The average molecular weight is 409 g/mol. The number of aliphatic hydroxyl groups is 1. The van der Waals surface area contributed by atoms with Crippen LogP contribution in [0.3, 0.4) is 0 Å². The number of aliphatic hydroxyl groups excluding tert-OH is 1. The van der Waals surface area contributed by atoms with Crippen LogP contribution in [-0.4, -0.2) is 21.5 Å².